The summed E-state index contributed by atoms with van der Waals surface area (Å²) in [5.74, 6) is 0.465. The monoisotopic (exact) mass is 466 g/mol. The summed E-state index contributed by atoms with van der Waals surface area (Å²) in [5.41, 5.74) is 1.37. The van der Waals surface area contributed by atoms with Gasteiger partial charge in [0.1, 0.15) is 0 Å². The highest BCUT2D eigenvalue weighted by Crippen LogP contribution is 2.46. The molecule has 27 heavy (non-hydrogen) atoms. The molecule has 0 spiro atoms. The molecule has 4 rings (SSSR count). The molecular formula is C20H24BrN2O2PS. The van der Waals surface area contributed by atoms with Gasteiger partial charge in [0, 0.05) is 28.2 Å². The summed E-state index contributed by atoms with van der Waals surface area (Å²) < 4.78 is 1.17. The fourth-order valence-electron chi connectivity index (χ4n) is 4.19. The number of aromatic nitrogens is 1. The van der Waals surface area contributed by atoms with Gasteiger partial charge < -0.3 is 10.4 Å². The van der Waals surface area contributed by atoms with E-state index in [0.29, 0.717) is 5.92 Å². The van der Waals surface area contributed by atoms with E-state index in [9.17, 15) is 4.79 Å². The fraction of sp³-hybridized carbons (Fsp3) is 0.500. The molecule has 4 nitrogen and oxygen atoms in total. The molecular weight excluding hydrogens is 443 g/mol. The first-order chi connectivity index (χ1) is 13.1. The van der Waals surface area contributed by atoms with Crippen LogP contribution in [-0.2, 0) is 0 Å². The Kier molecular flexibility index (Phi) is 6.15. The van der Waals surface area contributed by atoms with Crippen LogP contribution in [0, 0.1) is 0 Å². The quantitative estimate of drug-likeness (QED) is 0.562. The van der Waals surface area contributed by atoms with E-state index in [1.54, 1.807) is 0 Å². The molecule has 1 amide bonds. The summed E-state index contributed by atoms with van der Waals surface area (Å²) in [4.78, 5) is 16.9. The van der Waals surface area contributed by atoms with Crippen LogP contribution in [0.2, 0.25) is 0 Å². The van der Waals surface area contributed by atoms with Gasteiger partial charge in [0.05, 0.1) is 9.88 Å². The number of halogens is 1. The van der Waals surface area contributed by atoms with E-state index in [4.69, 9.17) is 10.1 Å². The number of carbonyl (C=O) groups is 1. The summed E-state index contributed by atoms with van der Waals surface area (Å²) in [6.07, 6.45) is 10.4. The van der Waals surface area contributed by atoms with Crippen molar-refractivity contribution in [2.45, 2.75) is 50.5 Å². The van der Waals surface area contributed by atoms with Crippen molar-refractivity contribution < 1.29 is 9.90 Å². The zero-order chi connectivity index (χ0) is 18.8. The SMILES string of the molecule is O=C(O)NC1CCC(c2ncc(-c3ccc(Br)cc3P3CCCC3)s2)CC1. The van der Waals surface area contributed by atoms with Crippen molar-refractivity contribution in [1.29, 1.82) is 0 Å². The molecule has 1 aromatic heterocycles. The molecule has 2 heterocycles. The first kappa shape index (κ1) is 19.4. The normalized spacial score (nSPS) is 23.4. The molecule has 0 atom stereocenters. The maximum Gasteiger partial charge on any atom is 0.404 e. The number of thiazole rings is 1. The van der Waals surface area contributed by atoms with E-state index in [-0.39, 0.29) is 14.0 Å². The summed E-state index contributed by atoms with van der Waals surface area (Å²) in [7, 11) is -0.0356. The van der Waals surface area contributed by atoms with Crippen LogP contribution >= 0.6 is 35.2 Å². The molecule has 7 heteroatoms. The topological polar surface area (TPSA) is 62.2 Å². The zero-order valence-corrected chi connectivity index (χ0v) is 18.5. The average Bonchev–Trinajstić information content (AvgIpc) is 3.34. The third-order valence-electron chi connectivity index (χ3n) is 5.60. The van der Waals surface area contributed by atoms with Crippen LogP contribution in [0.25, 0.3) is 10.4 Å². The van der Waals surface area contributed by atoms with Gasteiger partial charge in [-0.25, -0.2) is 9.78 Å². The molecule has 1 saturated carbocycles. The Balaban J connectivity index is 1.51. The Labute approximate surface area is 173 Å². The van der Waals surface area contributed by atoms with Gasteiger partial charge in [0.2, 0.25) is 0 Å². The van der Waals surface area contributed by atoms with E-state index in [2.05, 4.69) is 45.6 Å². The van der Waals surface area contributed by atoms with Crippen molar-refractivity contribution in [2.75, 3.05) is 12.3 Å². The number of nitrogens with one attached hydrogen (secondary N) is 1. The lowest BCUT2D eigenvalue weighted by atomic mass is 9.86. The molecule has 0 bridgehead atoms. The van der Waals surface area contributed by atoms with Crippen molar-refractivity contribution in [3.05, 3.63) is 33.9 Å². The van der Waals surface area contributed by atoms with Crippen molar-refractivity contribution in [3.63, 3.8) is 0 Å². The largest absolute Gasteiger partial charge is 0.465 e. The number of hydrogen-bond acceptors (Lipinski definition) is 3. The molecule has 0 unspecified atom stereocenters. The van der Waals surface area contributed by atoms with E-state index in [1.807, 2.05) is 11.3 Å². The lowest BCUT2D eigenvalue weighted by Crippen LogP contribution is -2.36. The second kappa shape index (κ2) is 8.59. The molecule has 2 N–H and O–H groups in total. The van der Waals surface area contributed by atoms with Crippen LogP contribution in [0.3, 0.4) is 0 Å². The van der Waals surface area contributed by atoms with Crippen LogP contribution in [0.4, 0.5) is 4.79 Å². The minimum Gasteiger partial charge on any atom is -0.465 e. The van der Waals surface area contributed by atoms with E-state index in [0.717, 1.165) is 25.7 Å². The smallest absolute Gasteiger partial charge is 0.404 e. The number of benzene rings is 1. The van der Waals surface area contributed by atoms with Gasteiger partial charge in [-0.2, -0.15) is 0 Å². The summed E-state index contributed by atoms with van der Waals surface area (Å²) >= 11 is 5.49. The Morgan fingerprint density at radius 1 is 1.22 bits per heavy atom. The minimum absolute atomic E-state index is 0.0356. The molecule has 2 aliphatic rings. The Morgan fingerprint density at radius 2 is 1.96 bits per heavy atom. The molecule has 2 aromatic rings. The van der Waals surface area contributed by atoms with Gasteiger partial charge in [-0.05, 0) is 68.3 Å². The summed E-state index contributed by atoms with van der Waals surface area (Å²) in [6, 6.07) is 6.83. The summed E-state index contributed by atoms with van der Waals surface area (Å²) in [5, 5.41) is 14.3. The standard InChI is InChI=1S/C20H24BrN2O2PS/c21-14-5-8-16(17(11-14)26-9-1-2-10-26)18-12-22-19(27-18)13-3-6-15(7-4-13)23-20(24)25/h5,8,11-13,15,23H,1-4,6-7,9-10H2,(H,24,25). The van der Waals surface area contributed by atoms with Crippen molar-refractivity contribution >= 4 is 46.6 Å². The van der Waals surface area contributed by atoms with Crippen molar-refractivity contribution in [3.8, 4) is 10.4 Å². The van der Waals surface area contributed by atoms with Gasteiger partial charge in [-0.15, -0.1) is 11.3 Å². The Bertz CT molecular complexity index is 814. The van der Waals surface area contributed by atoms with Crippen LogP contribution in [0.5, 0.6) is 0 Å². The third-order valence-corrected chi connectivity index (χ3v) is 10.0. The van der Waals surface area contributed by atoms with E-state index < -0.39 is 6.09 Å². The predicted molar refractivity (Wildman–Crippen MR) is 117 cm³/mol. The van der Waals surface area contributed by atoms with Gasteiger partial charge in [0.25, 0.3) is 0 Å². The van der Waals surface area contributed by atoms with Gasteiger partial charge in [0.15, 0.2) is 0 Å². The van der Waals surface area contributed by atoms with E-state index >= 15 is 0 Å². The number of hydrogen-bond donors (Lipinski definition) is 2. The fourth-order valence-corrected chi connectivity index (χ4v) is 8.71. The van der Waals surface area contributed by atoms with Crippen molar-refractivity contribution in [2.24, 2.45) is 0 Å². The van der Waals surface area contributed by atoms with Gasteiger partial charge in [-0.3, -0.25) is 0 Å². The maximum absolute atomic E-state index is 10.8. The molecule has 0 radical (unpaired) electrons. The molecule has 1 aliphatic carbocycles. The maximum atomic E-state index is 10.8. The molecule has 2 fully saturated rings. The van der Waals surface area contributed by atoms with Gasteiger partial charge in [-0.1, -0.05) is 29.9 Å². The highest BCUT2D eigenvalue weighted by atomic mass is 79.9. The van der Waals surface area contributed by atoms with Crippen LogP contribution in [0.15, 0.2) is 28.9 Å². The third kappa shape index (κ3) is 4.55. The number of rotatable bonds is 4. The number of carboxylic acid groups (broad SMARTS) is 1. The molecule has 144 valence electrons. The highest BCUT2D eigenvalue weighted by Gasteiger charge is 2.26. The first-order valence-electron chi connectivity index (χ1n) is 9.60. The predicted octanol–water partition coefficient (Wildman–Crippen LogP) is 5.77. The average molecular weight is 467 g/mol. The molecule has 1 aliphatic heterocycles. The lowest BCUT2D eigenvalue weighted by Gasteiger charge is -2.27. The highest BCUT2D eigenvalue weighted by molar-refractivity contribution is 9.10. The van der Waals surface area contributed by atoms with Gasteiger partial charge >= 0.3 is 6.09 Å². The Morgan fingerprint density at radius 3 is 2.67 bits per heavy atom. The second-order valence-electron chi connectivity index (χ2n) is 7.42. The zero-order valence-electron chi connectivity index (χ0n) is 15.2. The van der Waals surface area contributed by atoms with Crippen LogP contribution in [-0.4, -0.2) is 34.5 Å². The molecule has 1 saturated heterocycles. The Hall–Kier alpha value is -0.970. The first-order valence-corrected chi connectivity index (χ1v) is 12.9. The second-order valence-corrected chi connectivity index (χ2v) is 11.9. The number of amides is 1. The van der Waals surface area contributed by atoms with Crippen LogP contribution < -0.4 is 10.6 Å². The molecule has 1 aromatic carbocycles. The summed E-state index contributed by atoms with van der Waals surface area (Å²) in [6.45, 7) is 0. The number of nitrogens with zero attached hydrogens (tertiary/aromatic N) is 1. The van der Waals surface area contributed by atoms with Crippen molar-refractivity contribution in [1.82, 2.24) is 10.3 Å². The lowest BCUT2D eigenvalue weighted by molar-refractivity contribution is 0.185. The van der Waals surface area contributed by atoms with Crippen LogP contribution in [0.1, 0.15) is 49.5 Å². The minimum atomic E-state index is -0.911. The van der Waals surface area contributed by atoms with E-state index in [1.165, 1.54) is 50.4 Å².